The van der Waals surface area contributed by atoms with E-state index in [0.717, 1.165) is 18.4 Å². The van der Waals surface area contributed by atoms with Crippen LogP contribution in [0.4, 0.5) is 4.39 Å². The van der Waals surface area contributed by atoms with Gasteiger partial charge < -0.3 is 9.84 Å². The summed E-state index contributed by atoms with van der Waals surface area (Å²) in [5.74, 6) is 0.570. The fraction of sp³-hybridized carbons (Fsp3) is 0.600. The summed E-state index contributed by atoms with van der Waals surface area (Å²) in [6, 6.07) is 4.49. The maximum atomic E-state index is 13.1. The molecule has 1 saturated carbocycles. The zero-order chi connectivity index (χ0) is 13.0. The largest absolute Gasteiger partial charge is 0.491 e. The van der Waals surface area contributed by atoms with Crippen LogP contribution in [0, 0.1) is 18.7 Å². The Morgan fingerprint density at radius 1 is 1.33 bits per heavy atom. The maximum Gasteiger partial charge on any atom is 0.126 e. The normalized spacial score (nSPS) is 18.6. The Kier molecular flexibility index (Phi) is 4.59. The van der Waals surface area contributed by atoms with Crippen LogP contribution in [0.15, 0.2) is 18.2 Å². The molecule has 0 heterocycles. The molecule has 1 atom stereocenters. The van der Waals surface area contributed by atoms with Gasteiger partial charge in [-0.05, 0) is 37.3 Å². The van der Waals surface area contributed by atoms with Gasteiger partial charge in [-0.2, -0.15) is 0 Å². The lowest BCUT2D eigenvalue weighted by atomic mass is 9.85. The van der Waals surface area contributed by atoms with E-state index in [4.69, 9.17) is 4.74 Å². The number of aliphatic hydroxyl groups is 1. The second-order valence-corrected chi connectivity index (χ2v) is 5.19. The summed E-state index contributed by atoms with van der Waals surface area (Å²) >= 11 is 0. The average molecular weight is 252 g/mol. The highest BCUT2D eigenvalue weighted by molar-refractivity contribution is 5.32. The first kappa shape index (κ1) is 13.3. The third-order valence-corrected chi connectivity index (χ3v) is 3.75. The molecule has 18 heavy (non-hydrogen) atoms. The van der Waals surface area contributed by atoms with E-state index >= 15 is 0 Å². The van der Waals surface area contributed by atoms with Gasteiger partial charge in [-0.25, -0.2) is 4.39 Å². The molecule has 0 radical (unpaired) electrons. The molecule has 0 aliphatic heterocycles. The molecule has 3 heteroatoms. The molecule has 0 spiro atoms. The molecule has 1 aliphatic rings. The van der Waals surface area contributed by atoms with Gasteiger partial charge in [-0.1, -0.05) is 25.3 Å². The lowest BCUT2D eigenvalue weighted by Gasteiger charge is -2.26. The van der Waals surface area contributed by atoms with Gasteiger partial charge in [0, 0.05) is 6.07 Å². The Morgan fingerprint density at radius 2 is 2.06 bits per heavy atom. The minimum atomic E-state index is -0.437. The summed E-state index contributed by atoms with van der Waals surface area (Å²) in [5, 5.41) is 10.1. The molecule has 0 amide bonds. The van der Waals surface area contributed by atoms with E-state index in [1.54, 1.807) is 6.07 Å². The van der Waals surface area contributed by atoms with Crippen LogP contribution in [0.5, 0.6) is 5.75 Å². The predicted molar refractivity (Wildman–Crippen MR) is 69.2 cm³/mol. The van der Waals surface area contributed by atoms with E-state index < -0.39 is 6.10 Å². The molecule has 2 nitrogen and oxygen atoms in total. The Labute approximate surface area is 108 Å². The first-order valence-corrected chi connectivity index (χ1v) is 6.74. The van der Waals surface area contributed by atoms with Crippen molar-refractivity contribution in [3.63, 3.8) is 0 Å². The molecule has 1 aromatic rings. The summed E-state index contributed by atoms with van der Waals surface area (Å²) in [7, 11) is 0. The molecule has 0 saturated heterocycles. The SMILES string of the molecule is Cc1ccc(F)cc1OCC(O)C1CCCCC1. The van der Waals surface area contributed by atoms with Crippen molar-refractivity contribution in [2.45, 2.75) is 45.1 Å². The van der Waals surface area contributed by atoms with Crippen molar-refractivity contribution in [3.05, 3.63) is 29.6 Å². The van der Waals surface area contributed by atoms with Crippen LogP contribution in [0.3, 0.4) is 0 Å². The highest BCUT2D eigenvalue weighted by atomic mass is 19.1. The molecule has 100 valence electrons. The predicted octanol–water partition coefficient (Wildman–Crippen LogP) is 3.45. The van der Waals surface area contributed by atoms with Crippen LogP contribution >= 0.6 is 0 Å². The van der Waals surface area contributed by atoms with Gasteiger partial charge in [-0.15, -0.1) is 0 Å². The third kappa shape index (κ3) is 3.45. The van der Waals surface area contributed by atoms with Gasteiger partial charge in [0.15, 0.2) is 0 Å². The molecular formula is C15H21FO2. The average Bonchev–Trinajstić information content (AvgIpc) is 2.40. The van der Waals surface area contributed by atoms with Crippen molar-refractivity contribution in [1.29, 1.82) is 0 Å². The van der Waals surface area contributed by atoms with Crippen molar-refractivity contribution in [1.82, 2.24) is 0 Å². The van der Waals surface area contributed by atoms with Crippen LogP contribution in [0.2, 0.25) is 0 Å². The summed E-state index contributed by atoms with van der Waals surface area (Å²) in [6.07, 6.45) is 5.38. The lowest BCUT2D eigenvalue weighted by molar-refractivity contribution is 0.0410. The fourth-order valence-corrected chi connectivity index (χ4v) is 2.56. The molecule has 1 unspecified atom stereocenters. The first-order valence-electron chi connectivity index (χ1n) is 6.74. The van der Waals surface area contributed by atoms with Crippen LogP contribution in [-0.2, 0) is 0 Å². The number of hydrogen-bond acceptors (Lipinski definition) is 2. The van der Waals surface area contributed by atoms with Gasteiger partial charge in [0.05, 0.1) is 6.10 Å². The zero-order valence-corrected chi connectivity index (χ0v) is 10.9. The Morgan fingerprint density at radius 3 is 2.78 bits per heavy atom. The molecule has 0 aromatic heterocycles. The molecule has 0 bridgehead atoms. The van der Waals surface area contributed by atoms with Crippen molar-refractivity contribution in [3.8, 4) is 5.75 Å². The zero-order valence-electron chi connectivity index (χ0n) is 10.9. The number of rotatable bonds is 4. The van der Waals surface area contributed by atoms with E-state index in [-0.39, 0.29) is 12.4 Å². The van der Waals surface area contributed by atoms with Crippen molar-refractivity contribution >= 4 is 0 Å². The molecule has 1 aliphatic carbocycles. The number of aliphatic hydroxyl groups excluding tert-OH is 1. The van der Waals surface area contributed by atoms with Crippen LogP contribution < -0.4 is 4.74 Å². The summed E-state index contributed by atoms with van der Waals surface area (Å²) in [5.41, 5.74) is 0.896. The van der Waals surface area contributed by atoms with E-state index in [0.29, 0.717) is 11.7 Å². The van der Waals surface area contributed by atoms with Crippen molar-refractivity contribution in [2.24, 2.45) is 5.92 Å². The Balaban J connectivity index is 1.88. The Bertz CT molecular complexity index is 386. The van der Waals surface area contributed by atoms with Gasteiger partial charge in [0.25, 0.3) is 0 Å². The second-order valence-electron chi connectivity index (χ2n) is 5.19. The monoisotopic (exact) mass is 252 g/mol. The standard InChI is InChI=1S/C15H21FO2/c1-11-7-8-13(16)9-15(11)18-10-14(17)12-5-3-2-4-6-12/h7-9,12,14,17H,2-6,10H2,1H3. The summed E-state index contributed by atoms with van der Waals surface area (Å²) in [4.78, 5) is 0. The van der Waals surface area contributed by atoms with E-state index in [1.807, 2.05) is 6.92 Å². The van der Waals surface area contributed by atoms with Gasteiger partial charge >= 0.3 is 0 Å². The number of benzene rings is 1. The molecule has 1 fully saturated rings. The van der Waals surface area contributed by atoms with Crippen LogP contribution in [0.1, 0.15) is 37.7 Å². The minimum absolute atomic E-state index is 0.259. The van der Waals surface area contributed by atoms with Crippen LogP contribution in [0.25, 0.3) is 0 Å². The van der Waals surface area contributed by atoms with E-state index in [2.05, 4.69) is 0 Å². The number of halogens is 1. The molecule has 1 N–H and O–H groups in total. The second kappa shape index (κ2) is 6.19. The smallest absolute Gasteiger partial charge is 0.126 e. The number of aryl methyl sites for hydroxylation is 1. The quantitative estimate of drug-likeness (QED) is 0.889. The van der Waals surface area contributed by atoms with Crippen molar-refractivity contribution < 1.29 is 14.2 Å². The molecule has 2 rings (SSSR count). The van der Waals surface area contributed by atoms with E-state index in [9.17, 15) is 9.50 Å². The van der Waals surface area contributed by atoms with Gasteiger partial charge in [0.2, 0.25) is 0 Å². The highest BCUT2D eigenvalue weighted by Crippen LogP contribution is 2.27. The third-order valence-electron chi connectivity index (χ3n) is 3.75. The van der Waals surface area contributed by atoms with Gasteiger partial charge in [-0.3, -0.25) is 0 Å². The topological polar surface area (TPSA) is 29.5 Å². The minimum Gasteiger partial charge on any atom is -0.491 e. The van der Waals surface area contributed by atoms with Crippen molar-refractivity contribution in [2.75, 3.05) is 6.61 Å². The van der Waals surface area contributed by atoms with Crippen LogP contribution in [-0.4, -0.2) is 17.8 Å². The summed E-state index contributed by atoms with van der Waals surface area (Å²) in [6.45, 7) is 2.14. The highest BCUT2D eigenvalue weighted by Gasteiger charge is 2.22. The summed E-state index contributed by atoms with van der Waals surface area (Å²) < 4.78 is 18.6. The first-order chi connectivity index (χ1) is 8.66. The number of ether oxygens (including phenoxy) is 1. The molecule has 1 aromatic carbocycles. The number of hydrogen-bond donors (Lipinski definition) is 1. The maximum absolute atomic E-state index is 13.1. The Hall–Kier alpha value is -1.09. The molecular weight excluding hydrogens is 231 g/mol. The lowest BCUT2D eigenvalue weighted by Crippen LogP contribution is -2.29. The van der Waals surface area contributed by atoms with Gasteiger partial charge in [0.1, 0.15) is 18.2 Å². The van der Waals surface area contributed by atoms with E-state index in [1.165, 1.54) is 31.4 Å². The fourth-order valence-electron chi connectivity index (χ4n) is 2.56.